The van der Waals surface area contributed by atoms with Crippen molar-refractivity contribution >= 4 is 5.69 Å². The first-order valence-corrected chi connectivity index (χ1v) is 5.83. The minimum atomic E-state index is -0.277. The van der Waals surface area contributed by atoms with Crippen molar-refractivity contribution in [3.63, 3.8) is 0 Å². The van der Waals surface area contributed by atoms with E-state index in [-0.39, 0.29) is 12.6 Å². The van der Waals surface area contributed by atoms with E-state index in [4.69, 9.17) is 20.3 Å². The topological polar surface area (TPSA) is 68.0 Å². The Morgan fingerprint density at radius 1 is 1.33 bits per heavy atom. The van der Waals surface area contributed by atoms with E-state index >= 15 is 0 Å². The summed E-state index contributed by atoms with van der Waals surface area (Å²) in [5.74, 6) is 1.49. The summed E-state index contributed by atoms with van der Waals surface area (Å²) >= 11 is 0. The first kappa shape index (κ1) is 14.6. The summed E-state index contributed by atoms with van der Waals surface area (Å²) in [4.78, 5) is 1.98. The monoisotopic (exact) mass is 254 g/mol. The van der Waals surface area contributed by atoms with Crippen LogP contribution in [0.5, 0.6) is 11.5 Å². The van der Waals surface area contributed by atoms with E-state index < -0.39 is 0 Å². The Hall–Kier alpha value is -1.46. The number of hydrogen-bond acceptors (Lipinski definition) is 5. The van der Waals surface area contributed by atoms with Crippen LogP contribution in [0, 0.1) is 6.92 Å². The molecule has 0 radical (unpaired) electrons. The number of rotatable bonds is 6. The van der Waals surface area contributed by atoms with Crippen LogP contribution in [0.25, 0.3) is 0 Å². The lowest BCUT2D eigenvalue weighted by atomic mass is 10.1. The van der Waals surface area contributed by atoms with Crippen molar-refractivity contribution in [2.45, 2.75) is 13.0 Å². The molecule has 1 atom stereocenters. The van der Waals surface area contributed by atoms with Gasteiger partial charge >= 0.3 is 0 Å². The molecular formula is C13H22N2O3. The summed E-state index contributed by atoms with van der Waals surface area (Å²) in [5, 5.41) is 9.01. The number of nitrogens with zero attached hydrogens (tertiary/aromatic N) is 1. The van der Waals surface area contributed by atoms with Crippen LogP contribution in [0.4, 0.5) is 5.69 Å². The zero-order valence-corrected chi connectivity index (χ0v) is 11.4. The molecule has 0 aliphatic heterocycles. The fraction of sp³-hybridized carbons (Fsp3) is 0.538. The van der Waals surface area contributed by atoms with Crippen LogP contribution in [0.2, 0.25) is 0 Å². The number of aliphatic hydroxyl groups is 1. The first-order valence-electron chi connectivity index (χ1n) is 5.83. The zero-order chi connectivity index (χ0) is 13.7. The van der Waals surface area contributed by atoms with Crippen LogP contribution >= 0.6 is 0 Å². The third-order valence-corrected chi connectivity index (χ3v) is 2.82. The lowest BCUT2D eigenvalue weighted by molar-refractivity contribution is 0.267. The van der Waals surface area contributed by atoms with E-state index in [2.05, 4.69) is 0 Å². The maximum Gasteiger partial charge on any atom is 0.146 e. The lowest BCUT2D eigenvalue weighted by Crippen LogP contribution is -2.38. The Morgan fingerprint density at radius 3 is 2.50 bits per heavy atom. The molecule has 3 N–H and O–H groups in total. The number of ether oxygens (including phenoxy) is 2. The number of aliphatic hydroxyl groups excluding tert-OH is 1. The average Bonchev–Trinajstić information content (AvgIpc) is 2.36. The molecule has 0 bridgehead atoms. The fourth-order valence-corrected chi connectivity index (χ4v) is 1.98. The van der Waals surface area contributed by atoms with Gasteiger partial charge < -0.3 is 25.2 Å². The molecule has 18 heavy (non-hydrogen) atoms. The molecule has 5 heteroatoms. The van der Waals surface area contributed by atoms with Crippen LogP contribution < -0.4 is 20.1 Å². The van der Waals surface area contributed by atoms with Crippen molar-refractivity contribution in [1.82, 2.24) is 0 Å². The first-order chi connectivity index (χ1) is 8.53. The molecule has 0 aromatic heterocycles. The highest BCUT2D eigenvalue weighted by Gasteiger charge is 2.15. The van der Waals surface area contributed by atoms with Crippen molar-refractivity contribution in [2.75, 3.05) is 39.3 Å². The SMILES string of the molecule is COc1cc(C)c(N(C)CC(N)CO)c(OC)c1. The van der Waals surface area contributed by atoms with Gasteiger partial charge in [-0.25, -0.2) is 0 Å². The predicted molar refractivity (Wildman–Crippen MR) is 72.6 cm³/mol. The third-order valence-electron chi connectivity index (χ3n) is 2.82. The standard InChI is InChI=1S/C13H22N2O3/c1-9-5-11(17-3)6-12(18-4)13(9)15(2)7-10(14)8-16/h5-6,10,16H,7-8,14H2,1-4H3. The Morgan fingerprint density at radius 2 is 2.00 bits per heavy atom. The average molecular weight is 254 g/mol. The second kappa shape index (κ2) is 6.47. The van der Waals surface area contributed by atoms with Gasteiger partial charge in [0.25, 0.3) is 0 Å². The molecule has 0 fully saturated rings. The van der Waals surface area contributed by atoms with Crippen LogP contribution in [-0.2, 0) is 0 Å². The van der Waals surface area contributed by atoms with E-state index in [1.165, 1.54) is 0 Å². The van der Waals surface area contributed by atoms with Gasteiger partial charge in [-0.15, -0.1) is 0 Å². The molecule has 0 amide bonds. The van der Waals surface area contributed by atoms with Gasteiger partial charge in [0.15, 0.2) is 0 Å². The number of aryl methyl sites for hydroxylation is 1. The van der Waals surface area contributed by atoms with Crippen LogP contribution in [0.3, 0.4) is 0 Å². The van der Waals surface area contributed by atoms with E-state index in [0.717, 1.165) is 22.7 Å². The van der Waals surface area contributed by atoms with Gasteiger partial charge in [-0.2, -0.15) is 0 Å². The highest BCUT2D eigenvalue weighted by atomic mass is 16.5. The molecule has 0 saturated carbocycles. The number of anilines is 1. The second-order valence-corrected chi connectivity index (χ2v) is 4.32. The summed E-state index contributed by atoms with van der Waals surface area (Å²) in [6, 6.07) is 3.50. The molecule has 0 saturated heterocycles. The Bertz CT molecular complexity index is 396. The smallest absolute Gasteiger partial charge is 0.146 e. The van der Waals surface area contributed by atoms with Crippen LogP contribution in [0.15, 0.2) is 12.1 Å². The largest absolute Gasteiger partial charge is 0.497 e. The minimum Gasteiger partial charge on any atom is -0.497 e. The molecular weight excluding hydrogens is 232 g/mol. The van der Waals surface area contributed by atoms with Crippen molar-refractivity contribution in [1.29, 1.82) is 0 Å². The minimum absolute atomic E-state index is 0.0398. The maximum atomic E-state index is 9.01. The number of likely N-dealkylation sites (N-methyl/N-ethyl adjacent to an activating group) is 1. The fourth-order valence-electron chi connectivity index (χ4n) is 1.98. The molecule has 1 aromatic rings. The summed E-state index contributed by atoms with van der Waals surface area (Å²) in [6.45, 7) is 2.50. The molecule has 1 rings (SSSR count). The highest BCUT2D eigenvalue weighted by molar-refractivity contribution is 5.65. The quantitative estimate of drug-likeness (QED) is 0.785. The van der Waals surface area contributed by atoms with E-state index in [0.29, 0.717) is 6.54 Å². The second-order valence-electron chi connectivity index (χ2n) is 4.32. The maximum absolute atomic E-state index is 9.01. The molecule has 5 nitrogen and oxygen atoms in total. The normalized spacial score (nSPS) is 12.1. The molecule has 1 unspecified atom stereocenters. The summed E-state index contributed by atoms with van der Waals surface area (Å²) in [5.41, 5.74) is 7.75. The molecule has 102 valence electrons. The van der Waals surface area contributed by atoms with E-state index in [1.54, 1.807) is 14.2 Å². The molecule has 0 aliphatic carbocycles. The molecule has 0 spiro atoms. The van der Waals surface area contributed by atoms with Gasteiger partial charge in [0, 0.05) is 25.7 Å². The van der Waals surface area contributed by atoms with Crippen molar-refractivity contribution < 1.29 is 14.6 Å². The van der Waals surface area contributed by atoms with Gasteiger partial charge in [0.1, 0.15) is 11.5 Å². The molecule has 1 aromatic carbocycles. The van der Waals surface area contributed by atoms with Gasteiger partial charge in [0.05, 0.1) is 26.5 Å². The van der Waals surface area contributed by atoms with E-state index in [1.807, 2.05) is 31.0 Å². The zero-order valence-electron chi connectivity index (χ0n) is 11.4. The molecule has 0 heterocycles. The van der Waals surface area contributed by atoms with Crippen molar-refractivity contribution in [3.8, 4) is 11.5 Å². The number of hydrogen-bond donors (Lipinski definition) is 2. The summed E-state index contributed by atoms with van der Waals surface area (Å²) in [7, 11) is 5.17. The Kier molecular flexibility index (Phi) is 5.25. The summed E-state index contributed by atoms with van der Waals surface area (Å²) < 4.78 is 10.6. The highest BCUT2D eigenvalue weighted by Crippen LogP contribution is 2.35. The van der Waals surface area contributed by atoms with Crippen LogP contribution in [0.1, 0.15) is 5.56 Å². The van der Waals surface area contributed by atoms with Gasteiger partial charge in [-0.3, -0.25) is 0 Å². The van der Waals surface area contributed by atoms with Crippen molar-refractivity contribution in [3.05, 3.63) is 17.7 Å². The summed E-state index contributed by atoms with van der Waals surface area (Å²) in [6.07, 6.45) is 0. The Labute approximate surface area is 108 Å². The predicted octanol–water partition coefficient (Wildman–Crippen LogP) is 0.768. The molecule has 0 aliphatic rings. The van der Waals surface area contributed by atoms with E-state index in [9.17, 15) is 0 Å². The van der Waals surface area contributed by atoms with Gasteiger partial charge in [-0.05, 0) is 18.6 Å². The third kappa shape index (κ3) is 3.27. The number of nitrogens with two attached hydrogens (primary N) is 1. The number of methoxy groups -OCH3 is 2. The van der Waals surface area contributed by atoms with Gasteiger partial charge in [-0.1, -0.05) is 0 Å². The lowest BCUT2D eigenvalue weighted by Gasteiger charge is -2.26. The van der Waals surface area contributed by atoms with Crippen LogP contribution in [-0.4, -0.2) is 45.6 Å². The number of benzene rings is 1. The Balaban J connectivity index is 3.06. The van der Waals surface area contributed by atoms with Gasteiger partial charge in [0.2, 0.25) is 0 Å². The van der Waals surface area contributed by atoms with Crippen molar-refractivity contribution in [2.24, 2.45) is 5.73 Å².